The van der Waals surface area contributed by atoms with Crippen LogP contribution in [0.1, 0.15) is 10.4 Å². The quantitative estimate of drug-likeness (QED) is 0.703. The Hall–Kier alpha value is -2.65. The predicted molar refractivity (Wildman–Crippen MR) is 86.1 cm³/mol. The molecule has 3 aromatic rings. The predicted octanol–water partition coefficient (Wildman–Crippen LogP) is 2.48. The molecule has 9 heteroatoms. The van der Waals surface area contributed by atoms with Gasteiger partial charge in [0.05, 0.1) is 4.90 Å². The second kappa shape index (κ2) is 7.08. The molecule has 0 bridgehead atoms. The molecule has 0 aliphatic heterocycles. The van der Waals surface area contributed by atoms with Crippen molar-refractivity contribution in [1.82, 2.24) is 19.7 Å². The van der Waals surface area contributed by atoms with Crippen molar-refractivity contribution in [3.8, 4) is 11.5 Å². The van der Waals surface area contributed by atoms with Gasteiger partial charge in [-0.1, -0.05) is 6.07 Å². The molecule has 0 fully saturated rings. The summed E-state index contributed by atoms with van der Waals surface area (Å²) in [6, 6.07) is 7.07. The Morgan fingerprint density at radius 2 is 1.96 bits per heavy atom. The summed E-state index contributed by atoms with van der Waals surface area (Å²) in [5.41, 5.74) is 0.350. The zero-order chi connectivity index (χ0) is 18.0. The molecule has 0 saturated heterocycles. The van der Waals surface area contributed by atoms with E-state index in [2.05, 4.69) is 15.2 Å². The molecule has 0 spiro atoms. The van der Waals surface area contributed by atoms with Gasteiger partial charge in [-0.2, -0.15) is 0 Å². The number of pyridine rings is 1. The fraction of sp³-hybridized carbons (Fsp3) is 0.125. The largest absolute Gasteiger partial charge is 0.388 e. The molecule has 0 aliphatic carbocycles. The lowest BCUT2D eigenvalue weighted by molar-refractivity contribution is 0.0902. The Kier molecular flexibility index (Phi) is 4.86. The number of halogens is 2. The monoisotopic (exact) mass is 362 g/mol. The van der Waals surface area contributed by atoms with E-state index in [9.17, 15) is 13.6 Å². The molecule has 6 nitrogen and oxygen atoms in total. The minimum absolute atomic E-state index is 0.228. The Morgan fingerprint density at radius 3 is 2.56 bits per heavy atom. The Bertz CT molecular complexity index is 908. The summed E-state index contributed by atoms with van der Waals surface area (Å²) < 4.78 is 29.9. The lowest BCUT2D eigenvalue weighted by atomic mass is 10.1. The molecule has 0 unspecified atom stereocenters. The molecule has 128 valence electrons. The topological polar surface area (TPSA) is 80.9 Å². The molecule has 0 aliphatic rings. The number of hydrogen-bond donors (Lipinski definition) is 1. The normalized spacial score (nSPS) is 10.9. The van der Waals surface area contributed by atoms with Crippen LogP contribution in [0.15, 0.2) is 46.6 Å². The summed E-state index contributed by atoms with van der Waals surface area (Å²) in [5.74, 6) is -2.13. The number of aliphatic hydroxyl groups is 1. The average Bonchev–Trinajstić information content (AvgIpc) is 2.98. The van der Waals surface area contributed by atoms with Gasteiger partial charge in [0.15, 0.2) is 16.8 Å². The standard InChI is InChI=1S/C16H12F2N4O2S/c1-22-15(12-4-2-3-5-19-12)20-21-16(22)25-14-10(17)6-9(7-11(14)18)13(24)8-23/h2-7,23H,8H2,1H3. The van der Waals surface area contributed by atoms with Crippen LogP contribution in [0.2, 0.25) is 0 Å². The number of hydrogen-bond acceptors (Lipinski definition) is 6. The number of Topliss-reactive ketones (excluding diaryl/α,β-unsaturated/α-hetero) is 1. The maximum absolute atomic E-state index is 14.2. The third-order valence-corrected chi connectivity index (χ3v) is 4.52. The SMILES string of the molecule is Cn1c(Sc2c(F)cc(C(=O)CO)cc2F)nnc1-c1ccccn1. The minimum Gasteiger partial charge on any atom is -0.388 e. The third kappa shape index (κ3) is 3.42. The molecule has 0 atom stereocenters. The third-order valence-electron chi connectivity index (χ3n) is 3.39. The first-order valence-electron chi connectivity index (χ1n) is 7.13. The number of carbonyl (C=O) groups is 1. The van der Waals surface area contributed by atoms with Crippen molar-refractivity contribution in [2.45, 2.75) is 10.1 Å². The van der Waals surface area contributed by atoms with Crippen molar-refractivity contribution >= 4 is 17.5 Å². The van der Waals surface area contributed by atoms with E-state index in [1.165, 1.54) is 0 Å². The van der Waals surface area contributed by atoms with E-state index >= 15 is 0 Å². The van der Waals surface area contributed by atoms with E-state index < -0.39 is 24.0 Å². The number of aromatic nitrogens is 4. The zero-order valence-corrected chi connectivity index (χ0v) is 13.8. The molecule has 3 rings (SSSR count). The summed E-state index contributed by atoms with van der Waals surface area (Å²) in [6.45, 7) is -0.817. The van der Waals surface area contributed by atoms with Gasteiger partial charge in [0.2, 0.25) is 0 Å². The van der Waals surface area contributed by atoms with E-state index in [4.69, 9.17) is 5.11 Å². The van der Waals surface area contributed by atoms with Crippen molar-refractivity contribution in [3.63, 3.8) is 0 Å². The van der Waals surface area contributed by atoms with Gasteiger partial charge >= 0.3 is 0 Å². The highest BCUT2D eigenvalue weighted by Gasteiger charge is 2.19. The fourth-order valence-electron chi connectivity index (χ4n) is 2.12. The first-order valence-corrected chi connectivity index (χ1v) is 7.94. The van der Waals surface area contributed by atoms with E-state index in [-0.39, 0.29) is 15.6 Å². The van der Waals surface area contributed by atoms with Crippen molar-refractivity contribution in [1.29, 1.82) is 0 Å². The number of nitrogens with zero attached hydrogens (tertiary/aromatic N) is 4. The zero-order valence-electron chi connectivity index (χ0n) is 13.0. The van der Waals surface area contributed by atoms with E-state index in [1.807, 2.05) is 0 Å². The van der Waals surface area contributed by atoms with E-state index in [1.54, 1.807) is 36.0 Å². The lowest BCUT2D eigenvalue weighted by Crippen LogP contribution is -2.06. The highest BCUT2D eigenvalue weighted by molar-refractivity contribution is 7.99. The highest BCUT2D eigenvalue weighted by atomic mass is 32.2. The van der Waals surface area contributed by atoms with Crippen LogP contribution in [-0.4, -0.2) is 37.2 Å². The van der Waals surface area contributed by atoms with Gasteiger partial charge in [-0.25, -0.2) is 8.78 Å². The molecule has 2 aromatic heterocycles. The van der Waals surface area contributed by atoms with Gasteiger partial charge in [0, 0.05) is 18.8 Å². The van der Waals surface area contributed by atoms with Crippen LogP contribution < -0.4 is 0 Å². The number of rotatable bonds is 5. The highest BCUT2D eigenvalue weighted by Crippen LogP contribution is 2.32. The number of aliphatic hydroxyl groups excluding tert-OH is 1. The van der Waals surface area contributed by atoms with Gasteiger partial charge in [-0.05, 0) is 36.0 Å². The second-order valence-corrected chi connectivity index (χ2v) is 6.01. The summed E-state index contributed by atoms with van der Waals surface area (Å²) in [5, 5.41) is 17.0. The lowest BCUT2D eigenvalue weighted by Gasteiger charge is -2.07. The molecule has 25 heavy (non-hydrogen) atoms. The number of benzene rings is 1. The van der Waals surface area contributed by atoms with E-state index in [0.29, 0.717) is 11.5 Å². The maximum Gasteiger partial charge on any atom is 0.196 e. The summed E-state index contributed by atoms with van der Waals surface area (Å²) in [4.78, 5) is 15.2. The van der Waals surface area contributed by atoms with Crippen molar-refractivity contribution < 1.29 is 18.7 Å². The summed E-state index contributed by atoms with van der Waals surface area (Å²) >= 11 is 0.749. The molecular formula is C16H12F2N4O2S. The van der Waals surface area contributed by atoms with Gasteiger partial charge in [0.1, 0.15) is 23.9 Å². The van der Waals surface area contributed by atoms with E-state index in [0.717, 1.165) is 23.9 Å². The molecule has 2 heterocycles. The van der Waals surface area contributed by atoms with Crippen LogP contribution in [0.25, 0.3) is 11.5 Å². The van der Waals surface area contributed by atoms with Crippen LogP contribution in [-0.2, 0) is 7.05 Å². The van der Waals surface area contributed by atoms with Crippen LogP contribution >= 0.6 is 11.8 Å². The summed E-state index contributed by atoms with van der Waals surface area (Å²) in [6.07, 6.45) is 1.60. The maximum atomic E-state index is 14.2. The first kappa shape index (κ1) is 17.2. The summed E-state index contributed by atoms with van der Waals surface area (Å²) in [7, 11) is 1.66. The first-order chi connectivity index (χ1) is 12.0. The molecule has 1 N–H and O–H groups in total. The average molecular weight is 362 g/mol. The Balaban J connectivity index is 1.94. The van der Waals surface area contributed by atoms with Gasteiger partial charge < -0.3 is 9.67 Å². The molecule has 0 saturated carbocycles. The molecule has 0 radical (unpaired) electrons. The van der Waals surface area contributed by atoms with Crippen LogP contribution in [0.3, 0.4) is 0 Å². The van der Waals surface area contributed by atoms with Crippen LogP contribution in [0.5, 0.6) is 0 Å². The number of carbonyl (C=O) groups excluding carboxylic acids is 1. The Labute approximate surface area is 145 Å². The second-order valence-electron chi connectivity index (χ2n) is 5.03. The molecule has 1 aromatic carbocycles. The van der Waals surface area contributed by atoms with Crippen molar-refractivity contribution in [3.05, 3.63) is 53.7 Å². The van der Waals surface area contributed by atoms with Gasteiger partial charge in [-0.3, -0.25) is 9.78 Å². The number of ketones is 1. The van der Waals surface area contributed by atoms with Crippen molar-refractivity contribution in [2.75, 3.05) is 6.61 Å². The smallest absolute Gasteiger partial charge is 0.196 e. The van der Waals surface area contributed by atoms with Gasteiger partial charge in [0.25, 0.3) is 0 Å². The molecular weight excluding hydrogens is 350 g/mol. The Morgan fingerprint density at radius 1 is 1.24 bits per heavy atom. The van der Waals surface area contributed by atoms with Crippen LogP contribution in [0.4, 0.5) is 8.78 Å². The minimum atomic E-state index is -0.913. The van der Waals surface area contributed by atoms with Gasteiger partial charge in [-0.15, -0.1) is 10.2 Å². The van der Waals surface area contributed by atoms with Crippen LogP contribution in [0, 0.1) is 11.6 Å². The fourth-order valence-corrected chi connectivity index (χ4v) is 2.92. The molecule has 0 amide bonds. The van der Waals surface area contributed by atoms with Crippen molar-refractivity contribution in [2.24, 2.45) is 7.05 Å².